The number of epoxide rings is 1. The minimum Gasteiger partial charge on any atom is -0.396 e. The van der Waals surface area contributed by atoms with Gasteiger partial charge in [0.2, 0.25) is 5.78 Å². The van der Waals surface area contributed by atoms with Gasteiger partial charge in [-0.15, -0.1) is 0 Å². The van der Waals surface area contributed by atoms with Gasteiger partial charge in [0.1, 0.15) is 12.2 Å². The molecule has 1 saturated heterocycles. The summed E-state index contributed by atoms with van der Waals surface area (Å²) < 4.78 is 5.82. The zero-order valence-electron chi connectivity index (χ0n) is 16.7. The van der Waals surface area contributed by atoms with Crippen molar-refractivity contribution in [3.05, 3.63) is 22.8 Å². The van der Waals surface area contributed by atoms with Crippen molar-refractivity contribution < 1.29 is 24.9 Å². The van der Waals surface area contributed by atoms with Crippen LogP contribution in [-0.4, -0.2) is 52.1 Å². The lowest BCUT2D eigenvalue weighted by atomic mass is 9.46. The first-order valence-electron chi connectivity index (χ1n) is 10.3. The van der Waals surface area contributed by atoms with Crippen LogP contribution >= 0.6 is 11.6 Å². The Kier molecular flexibility index (Phi) is 4.88. The minimum atomic E-state index is -1.11. The average molecular weight is 411 g/mol. The quantitative estimate of drug-likeness (QED) is 0.489. The van der Waals surface area contributed by atoms with Crippen molar-refractivity contribution in [1.82, 2.24) is 0 Å². The normalized spacial score (nSPS) is 48.4. The molecule has 1 aliphatic heterocycles. The number of allylic oxidation sites excluding steroid dienone is 1. The molecule has 7 atom stereocenters. The van der Waals surface area contributed by atoms with Crippen LogP contribution in [-0.2, 0) is 9.53 Å². The first-order chi connectivity index (χ1) is 13.1. The summed E-state index contributed by atoms with van der Waals surface area (Å²) in [6, 6.07) is 0. The third-order valence-electron chi connectivity index (χ3n) is 8.43. The molecule has 2 saturated carbocycles. The molecule has 1 heterocycles. The second-order valence-electron chi connectivity index (χ2n) is 9.88. The Morgan fingerprint density at radius 3 is 2.64 bits per heavy atom. The van der Waals surface area contributed by atoms with Crippen LogP contribution in [0.15, 0.2) is 22.8 Å². The Bertz CT molecular complexity index is 747. The van der Waals surface area contributed by atoms with Crippen LogP contribution in [0.25, 0.3) is 0 Å². The van der Waals surface area contributed by atoms with Crippen molar-refractivity contribution >= 4 is 17.4 Å². The average Bonchev–Trinajstić information content (AvgIpc) is 3.40. The second kappa shape index (κ2) is 6.64. The highest BCUT2D eigenvalue weighted by molar-refractivity contribution is 6.45. The number of fused-ring (bicyclic) bond motifs is 2. The maximum Gasteiger partial charge on any atom is 0.208 e. The number of aliphatic hydroxyl groups excluding tert-OH is 3. The zero-order valence-corrected chi connectivity index (χ0v) is 17.5. The predicted molar refractivity (Wildman–Crippen MR) is 106 cm³/mol. The van der Waals surface area contributed by atoms with Gasteiger partial charge < -0.3 is 20.1 Å². The Labute approximate surface area is 171 Å². The summed E-state index contributed by atoms with van der Waals surface area (Å²) >= 11 is 6.21. The number of hydrogen-bond acceptors (Lipinski definition) is 5. The van der Waals surface area contributed by atoms with E-state index < -0.39 is 24.4 Å². The van der Waals surface area contributed by atoms with Crippen LogP contribution in [0.1, 0.15) is 52.4 Å². The Morgan fingerprint density at radius 1 is 1.29 bits per heavy atom. The molecule has 3 N–H and O–H groups in total. The van der Waals surface area contributed by atoms with Crippen molar-refractivity contribution in [2.75, 3.05) is 13.2 Å². The van der Waals surface area contributed by atoms with Crippen LogP contribution in [0.3, 0.4) is 0 Å². The van der Waals surface area contributed by atoms with E-state index >= 15 is 0 Å². The SMILES string of the molecule is C=C1CCC2C(C)(CO)CCCC2(C)C1CC12OC1C(O)C(CO)=C(Cl)C2=O. The highest BCUT2D eigenvalue weighted by atomic mass is 35.5. The fraction of sp³-hybridized carbons (Fsp3) is 0.773. The molecule has 156 valence electrons. The highest BCUT2D eigenvalue weighted by Gasteiger charge is 2.70. The molecule has 5 nitrogen and oxygen atoms in total. The molecular weight excluding hydrogens is 380 g/mol. The molecule has 7 unspecified atom stereocenters. The maximum absolute atomic E-state index is 13.0. The minimum absolute atomic E-state index is 0.0683. The summed E-state index contributed by atoms with van der Waals surface area (Å²) in [5.74, 6) is 0.0944. The van der Waals surface area contributed by atoms with E-state index in [-0.39, 0.29) is 39.7 Å². The molecule has 6 heteroatoms. The lowest BCUT2D eigenvalue weighted by Crippen LogP contribution is -2.53. The first kappa shape index (κ1) is 20.5. The molecule has 28 heavy (non-hydrogen) atoms. The number of carbonyl (C=O) groups is 1. The predicted octanol–water partition coefficient (Wildman–Crippen LogP) is 2.71. The summed E-state index contributed by atoms with van der Waals surface area (Å²) in [6.45, 7) is 8.51. The van der Waals surface area contributed by atoms with E-state index in [1.165, 1.54) is 0 Å². The van der Waals surface area contributed by atoms with Crippen molar-refractivity contribution in [2.24, 2.45) is 22.7 Å². The molecule has 0 radical (unpaired) electrons. The summed E-state index contributed by atoms with van der Waals surface area (Å²) in [6.07, 6.45) is 3.72. The van der Waals surface area contributed by atoms with Crippen LogP contribution in [0.2, 0.25) is 0 Å². The van der Waals surface area contributed by atoms with Gasteiger partial charge in [-0.25, -0.2) is 0 Å². The van der Waals surface area contributed by atoms with Gasteiger partial charge in [0.05, 0.1) is 11.6 Å². The second-order valence-corrected chi connectivity index (χ2v) is 10.3. The van der Waals surface area contributed by atoms with Gasteiger partial charge >= 0.3 is 0 Å². The van der Waals surface area contributed by atoms with E-state index in [1.807, 2.05) is 0 Å². The highest BCUT2D eigenvalue weighted by Crippen LogP contribution is 2.64. The van der Waals surface area contributed by atoms with E-state index in [4.69, 9.17) is 16.3 Å². The van der Waals surface area contributed by atoms with E-state index in [9.17, 15) is 20.1 Å². The lowest BCUT2D eigenvalue weighted by molar-refractivity contribution is -0.123. The molecule has 0 aromatic heterocycles. The molecule has 0 amide bonds. The third kappa shape index (κ3) is 2.63. The van der Waals surface area contributed by atoms with Gasteiger partial charge in [-0.2, -0.15) is 0 Å². The standard InChI is InChI=1S/C22H31ClO5/c1-12-5-6-15-20(2,11-25)7-4-8-21(15,3)14(12)9-22-18(27)16(23)13(10-24)17(26)19(22)28-22/h14-15,17,19,24-26H,1,4-11H2,2-3H3. The van der Waals surface area contributed by atoms with Gasteiger partial charge in [-0.1, -0.05) is 44.0 Å². The Morgan fingerprint density at radius 2 is 2.00 bits per heavy atom. The van der Waals surface area contributed by atoms with Crippen molar-refractivity contribution in [2.45, 2.75) is 70.2 Å². The zero-order chi connectivity index (χ0) is 20.5. The van der Waals surface area contributed by atoms with Crippen LogP contribution < -0.4 is 0 Å². The number of halogens is 1. The fourth-order valence-electron chi connectivity index (χ4n) is 6.71. The van der Waals surface area contributed by atoms with Crippen molar-refractivity contribution in [3.63, 3.8) is 0 Å². The van der Waals surface area contributed by atoms with Gasteiger partial charge in [-0.3, -0.25) is 4.79 Å². The first-order valence-corrected chi connectivity index (χ1v) is 10.7. The summed E-state index contributed by atoms with van der Waals surface area (Å²) in [4.78, 5) is 13.0. The number of carbonyl (C=O) groups excluding carboxylic acids is 1. The Hall–Kier alpha value is -0.720. The van der Waals surface area contributed by atoms with E-state index in [0.717, 1.165) is 37.7 Å². The van der Waals surface area contributed by atoms with Crippen LogP contribution in [0, 0.1) is 22.7 Å². The monoisotopic (exact) mass is 410 g/mol. The van der Waals surface area contributed by atoms with Crippen LogP contribution in [0.5, 0.6) is 0 Å². The maximum atomic E-state index is 13.0. The summed E-state index contributed by atoms with van der Waals surface area (Å²) in [5, 5.41) is 30.0. The van der Waals surface area contributed by atoms with Gasteiger partial charge in [-0.05, 0) is 54.8 Å². The number of aliphatic hydroxyl groups is 3. The van der Waals surface area contributed by atoms with E-state index in [0.29, 0.717) is 12.3 Å². The summed E-state index contributed by atoms with van der Waals surface area (Å²) in [7, 11) is 0. The third-order valence-corrected chi connectivity index (χ3v) is 8.85. The molecule has 4 rings (SSSR count). The number of ether oxygens (including phenoxy) is 1. The van der Waals surface area contributed by atoms with Crippen molar-refractivity contribution in [1.29, 1.82) is 0 Å². The number of rotatable bonds is 4. The molecule has 0 aromatic rings. The van der Waals surface area contributed by atoms with Crippen molar-refractivity contribution in [3.8, 4) is 0 Å². The van der Waals surface area contributed by atoms with E-state index in [1.54, 1.807) is 0 Å². The molecule has 3 fully saturated rings. The largest absolute Gasteiger partial charge is 0.396 e. The van der Waals surface area contributed by atoms with Crippen LogP contribution in [0.4, 0.5) is 0 Å². The molecule has 0 spiro atoms. The lowest BCUT2D eigenvalue weighted by Gasteiger charge is -2.58. The molecule has 0 aromatic carbocycles. The molecule has 0 bridgehead atoms. The fourth-order valence-corrected chi connectivity index (χ4v) is 7.04. The topological polar surface area (TPSA) is 90.3 Å². The smallest absolute Gasteiger partial charge is 0.208 e. The number of hydrogen-bond donors (Lipinski definition) is 3. The molecule has 4 aliphatic rings. The van der Waals surface area contributed by atoms with Gasteiger partial charge in [0.15, 0.2) is 5.60 Å². The molecule has 3 aliphatic carbocycles. The Balaban J connectivity index is 1.67. The van der Waals surface area contributed by atoms with E-state index in [2.05, 4.69) is 20.4 Å². The van der Waals surface area contributed by atoms with Gasteiger partial charge in [0, 0.05) is 12.2 Å². The molecular formula is C22H31ClO5. The number of Topliss-reactive ketones (excluding diaryl/α,β-unsaturated/α-hetero) is 1. The summed E-state index contributed by atoms with van der Waals surface area (Å²) in [5.41, 5.74) is -0.0253. The van der Waals surface area contributed by atoms with Gasteiger partial charge in [0.25, 0.3) is 0 Å². The number of ketones is 1.